The maximum absolute atomic E-state index is 13.1. The molecule has 3 rings (SSSR count). The third-order valence-corrected chi connectivity index (χ3v) is 6.22. The lowest BCUT2D eigenvalue weighted by Gasteiger charge is -2.23. The number of alkyl carbamates (subject to hydrolysis) is 1. The van der Waals surface area contributed by atoms with Gasteiger partial charge in [-0.2, -0.15) is 0 Å². The summed E-state index contributed by atoms with van der Waals surface area (Å²) in [7, 11) is 0. The van der Waals surface area contributed by atoms with Gasteiger partial charge in [-0.3, -0.25) is 9.59 Å². The number of nitrogens with zero attached hydrogens (tertiary/aromatic N) is 2. The summed E-state index contributed by atoms with van der Waals surface area (Å²) < 4.78 is 15.7. The molecule has 4 amide bonds. The van der Waals surface area contributed by atoms with E-state index in [4.69, 9.17) is 25.1 Å². The van der Waals surface area contributed by atoms with E-state index < -0.39 is 48.7 Å². The highest BCUT2D eigenvalue weighted by molar-refractivity contribution is 5.98. The number of carboxylic acid groups (broad SMARTS) is 1. The maximum atomic E-state index is 13.1. The Morgan fingerprint density at radius 2 is 1.26 bits per heavy atom. The fourth-order valence-corrected chi connectivity index (χ4v) is 3.92. The van der Waals surface area contributed by atoms with Crippen LogP contribution in [0.4, 0.5) is 14.4 Å². The number of benzene rings is 3. The Morgan fingerprint density at radius 3 is 1.78 bits per heavy atom. The van der Waals surface area contributed by atoms with Crippen molar-refractivity contribution in [3.05, 3.63) is 108 Å². The number of hydrogen-bond acceptors (Lipinski definition) is 8. The van der Waals surface area contributed by atoms with Crippen LogP contribution in [0, 0.1) is 0 Å². The van der Waals surface area contributed by atoms with Crippen molar-refractivity contribution >= 4 is 36.1 Å². The van der Waals surface area contributed by atoms with Crippen LogP contribution < -0.4 is 16.4 Å². The zero-order valence-electron chi connectivity index (χ0n) is 24.9. The van der Waals surface area contributed by atoms with Gasteiger partial charge in [0.1, 0.15) is 32.4 Å². The molecule has 3 aromatic carbocycles. The summed E-state index contributed by atoms with van der Waals surface area (Å²) in [5.74, 6) is -2.59. The molecular formula is C32H35N5O9. The van der Waals surface area contributed by atoms with Crippen LogP contribution in [0.3, 0.4) is 0 Å². The molecular weight excluding hydrogens is 598 g/mol. The number of amides is 4. The molecule has 0 saturated heterocycles. The van der Waals surface area contributed by atoms with Crippen molar-refractivity contribution < 1.29 is 43.3 Å². The van der Waals surface area contributed by atoms with Crippen LogP contribution >= 0.6 is 0 Å². The van der Waals surface area contributed by atoms with E-state index in [0.29, 0.717) is 16.7 Å². The SMILES string of the molecule is NC(=NC(=O)OCc1ccccc1)N(CCC[C@@H](NC(=O)OCc1ccccc1)C(=O)NCC(=O)O)C(=O)OCc1ccccc1. The molecule has 1 atom stereocenters. The number of nitrogens with two attached hydrogens (primary N) is 1. The van der Waals surface area contributed by atoms with E-state index >= 15 is 0 Å². The molecule has 3 aromatic rings. The molecule has 242 valence electrons. The highest BCUT2D eigenvalue weighted by Crippen LogP contribution is 2.09. The summed E-state index contributed by atoms with van der Waals surface area (Å²) >= 11 is 0. The number of rotatable bonds is 14. The van der Waals surface area contributed by atoms with Crippen molar-refractivity contribution in [2.75, 3.05) is 13.1 Å². The van der Waals surface area contributed by atoms with Gasteiger partial charge in [-0.25, -0.2) is 19.3 Å². The fraction of sp³-hybridized carbons (Fsp3) is 0.250. The third kappa shape index (κ3) is 12.8. The van der Waals surface area contributed by atoms with Gasteiger partial charge in [0.05, 0.1) is 0 Å². The lowest BCUT2D eigenvalue weighted by Crippen LogP contribution is -2.49. The van der Waals surface area contributed by atoms with Gasteiger partial charge in [0, 0.05) is 6.54 Å². The monoisotopic (exact) mass is 633 g/mol. The number of nitrogens with one attached hydrogen (secondary N) is 2. The minimum Gasteiger partial charge on any atom is -0.480 e. The molecule has 0 aliphatic rings. The minimum absolute atomic E-state index is 0.0276. The number of aliphatic imine (C=N–C) groups is 1. The van der Waals surface area contributed by atoms with Crippen molar-refractivity contribution in [1.82, 2.24) is 15.5 Å². The predicted molar refractivity (Wildman–Crippen MR) is 165 cm³/mol. The molecule has 5 N–H and O–H groups in total. The Bertz CT molecular complexity index is 1470. The van der Waals surface area contributed by atoms with E-state index in [0.717, 1.165) is 4.90 Å². The van der Waals surface area contributed by atoms with E-state index in [1.54, 1.807) is 84.9 Å². The topological polar surface area (TPSA) is 199 Å². The van der Waals surface area contributed by atoms with Crippen LogP contribution in [0.25, 0.3) is 0 Å². The van der Waals surface area contributed by atoms with Gasteiger partial charge in [0.15, 0.2) is 0 Å². The van der Waals surface area contributed by atoms with Gasteiger partial charge in [0.25, 0.3) is 0 Å². The molecule has 14 heteroatoms. The van der Waals surface area contributed by atoms with Crippen LogP contribution in [-0.2, 0) is 43.6 Å². The summed E-state index contributed by atoms with van der Waals surface area (Å²) in [6, 6.07) is 25.3. The summed E-state index contributed by atoms with van der Waals surface area (Å²) in [6.07, 6.45) is -2.94. The predicted octanol–water partition coefficient (Wildman–Crippen LogP) is 3.55. The molecule has 0 heterocycles. The summed E-state index contributed by atoms with van der Waals surface area (Å²) in [5, 5.41) is 13.6. The van der Waals surface area contributed by atoms with Crippen LogP contribution in [0.2, 0.25) is 0 Å². The van der Waals surface area contributed by atoms with Crippen LogP contribution in [0.15, 0.2) is 96.0 Å². The third-order valence-electron chi connectivity index (χ3n) is 6.22. The molecule has 0 radical (unpaired) electrons. The number of ether oxygens (including phenoxy) is 3. The minimum atomic E-state index is -1.28. The molecule has 0 bridgehead atoms. The van der Waals surface area contributed by atoms with Gasteiger partial charge in [0.2, 0.25) is 11.9 Å². The number of carbonyl (C=O) groups is 5. The maximum Gasteiger partial charge on any atom is 0.437 e. The van der Waals surface area contributed by atoms with Gasteiger partial charge in [-0.15, -0.1) is 4.99 Å². The largest absolute Gasteiger partial charge is 0.480 e. The molecule has 0 aliphatic carbocycles. The standard InChI is InChI=1S/C32H35N5O9/c33-29(36-31(42)45-21-24-13-6-2-7-14-24)37(32(43)46-22-25-15-8-3-9-16-25)18-10-17-26(28(40)34-19-27(38)39)35-30(41)44-20-23-11-4-1-5-12-23/h1-9,11-16,26H,10,17-22H2,(H,34,40)(H,35,41)(H,38,39)(H2,33,36,42)/t26-/m1/s1. The molecule has 0 fully saturated rings. The van der Waals surface area contributed by atoms with Crippen molar-refractivity contribution in [1.29, 1.82) is 0 Å². The number of carbonyl (C=O) groups excluding carboxylic acids is 4. The number of guanidine groups is 1. The van der Waals surface area contributed by atoms with Gasteiger partial charge < -0.3 is 35.7 Å². The van der Waals surface area contributed by atoms with Crippen molar-refractivity contribution in [2.45, 2.75) is 38.7 Å². The average molecular weight is 634 g/mol. The first kappa shape index (κ1) is 34.6. The highest BCUT2D eigenvalue weighted by Gasteiger charge is 2.25. The first-order valence-corrected chi connectivity index (χ1v) is 14.2. The average Bonchev–Trinajstić information content (AvgIpc) is 3.07. The number of hydrogen-bond donors (Lipinski definition) is 4. The number of carboxylic acids is 1. The molecule has 0 unspecified atom stereocenters. The van der Waals surface area contributed by atoms with E-state index in [2.05, 4.69) is 15.6 Å². The molecule has 0 aromatic heterocycles. The Balaban J connectivity index is 1.67. The van der Waals surface area contributed by atoms with E-state index in [-0.39, 0.29) is 39.2 Å². The van der Waals surface area contributed by atoms with Crippen molar-refractivity contribution in [3.63, 3.8) is 0 Å². The smallest absolute Gasteiger partial charge is 0.437 e. The summed E-state index contributed by atoms with van der Waals surface area (Å²) in [6.45, 7) is -1.12. The Labute approximate surface area is 265 Å². The van der Waals surface area contributed by atoms with E-state index in [9.17, 15) is 24.0 Å². The Hall–Kier alpha value is -5.92. The van der Waals surface area contributed by atoms with E-state index in [1.807, 2.05) is 6.07 Å². The first-order valence-electron chi connectivity index (χ1n) is 14.2. The Kier molecular flexibility index (Phi) is 14.0. The zero-order chi connectivity index (χ0) is 33.1. The second kappa shape index (κ2) is 18.7. The summed E-state index contributed by atoms with van der Waals surface area (Å²) in [4.78, 5) is 66.2. The van der Waals surface area contributed by atoms with Crippen LogP contribution in [-0.4, -0.2) is 65.3 Å². The van der Waals surface area contributed by atoms with Gasteiger partial charge in [-0.1, -0.05) is 91.0 Å². The summed E-state index contributed by atoms with van der Waals surface area (Å²) in [5.41, 5.74) is 8.15. The molecule has 14 nitrogen and oxygen atoms in total. The number of aliphatic carboxylic acids is 1. The molecule has 0 spiro atoms. The normalized spacial score (nSPS) is 11.4. The van der Waals surface area contributed by atoms with Crippen molar-refractivity contribution in [3.8, 4) is 0 Å². The lowest BCUT2D eigenvalue weighted by molar-refractivity contribution is -0.138. The second-order valence-corrected chi connectivity index (χ2v) is 9.71. The van der Waals surface area contributed by atoms with Crippen LogP contribution in [0.1, 0.15) is 29.5 Å². The second-order valence-electron chi connectivity index (χ2n) is 9.71. The highest BCUT2D eigenvalue weighted by atomic mass is 16.6. The quantitative estimate of drug-likeness (QED) is 0.116. The first-order chi connectivity index (χ1) is 22.2. The Morgan fingerprint density at radius 1 is 0.761 bits per heavy atom. The zero-order valence-corrected chi connectivity index (χ0v) is 24.9. The van der Waals surface area contributed by atoms with E-state index in [1.165, 1.54) is 0 Å². The molecule has 0 saturated carbocycles. The van der Waals surface area contributed by atoms with Gasteiger partial charge >= 0.3 is 24.2 Å². The lowest BCUT2D eigenvalue weighted by atomic mass is 10.1. The van der Waals surface area contributed by atoms with Crippen molar-refractivity contribution in [2.24, 2.45) is 10.7 Å². The molecule has 0 aliphatic heterocycles. The van der Waals surface area contributed by atoms with Gasteiger partial charge in [-0.05, 0) is 29.5 Å². The molecule has 46 heavy (non-hydrogen) atoms. The van der Waals surface area contributed by atoms with Crippen LogP contribution in [0.5, 0.6) is 0 Å². The fourth-order valence-electron chi connectivity index (χ4n) is 3.92.